The molecular weight excluding hydrogens is 439 g/mol. The van der Waals surface area contributed by atoms with Gasteiger partial charge in [-0.15, -0.1) is 0 Å². The summed E-state index contributed by atoms with van der Waals surface area (Å²) in [6.07, 6.45) is 1.98. The van der Waals surface area contributed by atoms with Crippen LogP contribution in [-0.4, -0.2) is 23.1 Å². The molecule has 31 heavy (non-hydrogen) atoms. The topological polar surface area (TPSA) is 77.5 Å². The fraction of sp³-hybridized carbons (Fsp3) is 0.174. The number of rotatable bonds is 8. The van der Waals surface area contributed by atoms with Crippen molar-refractivity contribution >= 4 is 35.1 Å². The molecule has 1 N–H and O–H groups in total. The van der Waals surface area contributed by atoms with Crippen LogP contribution in [0.3, 0.4) is 0 Å². The lowest BCUT2D eigenvalue weighted by Crippen LogP contribution is -2.37. The van der Waals surface area contributed by atoms with Gasteiger partial charge in [0.2, 0.25) is 5.91 Å². The van der Waals surface area contributed by atoms with Crippen molar-refractivity contribution in [2.24, 2.45) is 0 Å². The fourth-order valence-corrected chi connectivity index (χ4v) is 3.25. The molecule has 0 spiro atoms. The first-order valence-electron chi connectivity index (χ1n) is 9.48. The summed E-state index contributed by atoms with van der Waals surface area (Å²) in [6.45, 7) is 1.83. The molecule has 0 aliphatic rings. The number of carbonyl (C=O) groups excluding carboxylic acids is 2. The number of esters is 1. The van der Waals surface area contributed by atoms with Crippen LogP contribution in [-0.2, 0) is 22.6 Å². The van der Waals surface area contributed by atoms with E-state index in [9.17, 15) is 9.59 Å². The molecule has 1 amide bonds. The van der Waals surface area contributed by atoms with E-state index in [1.54, 1.807) is 37.4 Å². The largest absolute Gasteiger partial charge is 0.487 e. The molecule has 0 saturated carbocycles. The second-order valence-electron chi connectivity index (χ2n) is 6.64. The Bertz CT molecular complexity index is 1050. The van der Waals surface area contributed by atoms with E-state index in [2.05, 4.69) is 10.3 Å². The van der Waals surface area contributed by atoms with Crippen LogP contribution < -0.4 is 10.1 Å². The zero-order chi connectivity index (χ0) is 22.2. The second-order valence-corrected chi connectivity index (χ2v) is 7.46. The number of amides is 1. The van der Waals surface area contributed by atoms with Crippen LogP contribution in [0.2, 0.25) is 10.0 Å². The molecule has 1 atom stereocenters. The molecule has 1 aromatic heterocycles. The van der Waals surface area contributed by atoms with Gasteiger partial charge in [0, 0.05) is 23.0 Å². The second kappa shape index (κ2) is 10.8. The summed E-state index contributed by atoms with van der Waals surface area (Å²) in [4.78, 5) is 28.5. The van der Waals surface area contributed by atoms with Crippen molar-refractivity contribution in [3.05, 3.63) is 93.7 Å². The van der Waals surface area contributed by atoms with Gasteiger partial charge in [-0.25, -0.2) is 4.79 Å². The lowest BCUT2D eigenvalue weighted by atomic mass is 10.1. The average molecular weight is 459 g/mol. The average Bonchev–Trinajstić information content (AvgIpc) is 2.77. The van der Waals surface area contributed by atoms with E-state index in [0.29, 0.717) is 21.4 Å². The summed E-state index contributed by atoms with van der Waals surface area (Å²) in [6, 6.07) is 16.0. The van der Waals surface area contributed by atoms with E-state index in [1.807, 2.05) is 30.3 Å². The van der Waals surface area contributed by atoms with Gasteiger partial charge in [-0.3, -0.25) is 9.78 Å². The molecule has 3 rings (SSSR count). The SMILES string of the molecule is CC(NC(=O)Cc1c(Cl)ccc(Cl)c1OCc1ccccc1)OC(=O)c1cccnc1. The fourth-order valence-electron chi connectivity index (χ4n) is 2.81. The summed E-state index contributed by atoms with van der Waals surface area (Å²) >= 11 is 12.6. The van der Waals surface area contributed by atoms with E-state index in [-0.39, 0.29) is 18.6 Å². The maximum atomic E-state index is 12.6. The van der Waals surface area contributed by atoms with Crippen molar-refractivity contribution in [3.8, 4) is 5.75 Å². The molecule has 2 aromatic carbocycles. The van der Waals surface area contributed by atoms with E-state index < -0.39 is 18.1 Å². The smallest absolute Gasteiger partial charge is 0.341 e. The zero-order valence-corrected chi connectivity index (χ0v) is 18.2. The van der Waals surface area contributed by atoms with Crippen molar-refractivity contribution in [1.82, 2.24) is 10.3 Å². The Labute approximate surface area is 190 Å². The molecule has 3 aromatic rings. The van der Waals surface area contributed by atoms with Crippen LogP contribution in [0.4, 0.5) is 0 Å². The highest BCUT2D eigenvalue weighted by molar-refractivity contribution is 6.35. The lowest BCUT2D eigenvalue weighted by molar-refractivity contribution is -0.123. The summed E-state index contributed by atoms with van der Waals surface area (Å²) in [5.74, 6) is -0.651. The third-order valence-electron chi connectivity index (χ3n) is 4.26. The molecule has 6 nitrogen and oxygen atoms in total. The minimum Gasteiger partial charge on any atom is -0.487 e. The van der Waals surface area contributed by atoms with E-state index in [1.165, 1.54) is 6.20 Å². The first-order chi connectivity index (χ1) is 14.9. The Hall–Kier alpha value is -3.09. The van der Waals surface area contributed by atoms with Crippen LogP contribution >= 0.6 is 23.2 Å². The van der Waals surface area contributed by atoms with Crippen molar-refractivity contribution in [2.75, 3.05) is 0 Å². The van der Waals surface area contributed by atoms with Crippen LogP contribution in [0.5, 0.6) is 5.75 Å². The maximum absolute atomic E-state index is 12.6. The monoisotopic (exact) mass is 458 g/mol. The highest BCUT2D eigenvalue weighted by Crippen LogP contribution is 2.35. The molecular formula is C23H20Cl2N2O4. The summed E-state index contributed by atoms with van der Waals surface area (Å²) in [7, 11) is 0. The summed E-state index contributed by atoms with van der Waals surface area (Å²) < 4.78 is 11.1. The van der Waals surface area contributed by atoms with Crippen molar-refractivity contribution in [2.45, 2.75) is 26.2 Å². The normalized spacial score (nSPS) is 11.5. The van der Waals surface area contributed by atoms with E-state index >= 15 is 0 Å². The molecule has 0 aliphatic carbocycles. The van der Waals surface area contributed by atoms with Gasteiger partial charge < -0.3 is 14.8 Å². The lowest BCUT2D eigenvalue weighted by Gasteiger charge is -2.17. The molecule has 1 heterocycles. The number of nitrogens with one attached hydrogen (secondary N) is 1. The van der Waals surface area contributed by atoms with Gasteiger partial charge in [0.05, 0.1) is 17.0 Å². The first-order valence-corrected chi connectivity index (χ1v) is 10.2. The number of pyridine rings is 1. The van der Waals surface area contributed by atoms with Gasteiger partial charge in [-0.1, -0.05) is 53.5 Å². The number of halogens is 2. The Morgan fingerprint density at radius 1 is 1.03 bits per heavy atom. The Morgan fingerprint density at radius 3 is 2.48 bits per heavy atom. The maximum Gasteiger partial charge on any atom is 0.341 e. The van der Waals surface area contributed by atoms with Crippen molar-refractivity contribution in [1.29, 1.82) is 0 Å². The Kier molecular flexibility index (Phi) is 7.87. The highest BCUT2D eigenvalue weighted by Gasteiger charge is 2.19. The van der Waals surface area contributed by atoms with Crippen LogP contribution in [0.25, 0.3) is 0 Å². The number of carbonyl (C=O) groups is 2. The third-order valence-corrected chi connectivity index (χ3v) is 4.92. The van der Waals surface area contributed by atoms with Gasteiger partial charge in [0.15, 0.2) is 6.23 Å². The van der Waals surface area contributed by atoms with Gasteiger partial charge >= 0.3 is 5.97 Å². The number of hydrogen-bond donors (Lipinski definition) is 1. The number of ether oxygens (including phenoxy) is 2. The molecule has 0 fully saturated rings. The van der Waals surface area contributed by atoms with Crippen molar-refractivity contribution < 1.29 is 19.1 Å². The van der Waals surface area contributed by atoms with Gasteiger partial charge in [-0.2, -0.15) is 0 Å². The Morgan fingerprint density at radius 2 is 1.77 bits per heavy atom. The number of nitrogens with zero attached hydrogens (tertiary/aromatic N) is 1. The van der Waals surface area contributed by atoms with Crippen molar-refractivity contribution in [3.63, 3.8) is 0 Å². The molecule has 160 valence electrons. The summed E-state index contributed by atoms with van der Waals surface area (Å²) in [5, 5.41) is 3.31. The summed E-state index contributed by atoms with van der Waals surface area (Å²) in [5.41, 5.74) is 1.69. The molecule has 0 aliphatic heterocycles. The predicted molar refractivity (Wildman–Crippen MR) is 118 cm³/mol. The highest BCUT2D eigenvalue weighted by atomic mass is 35.5. The molecule has 8 heteroatoms. The van der Waals surface area contributed by atoms with Crippen LogP contribution in [0, 0.1) is 0 Å². The molecule has 0 saturated heterocycles. The van der Waals surface area contributed by atoms with E-state index in [4.69, 9.17) is 32.7 Å². The predicted octanol–water partition coefficient (Wildman–Crippen LogP) is 4.83. The van der Waals surface area contributed by atoms with Crippen LogP contribution in [0.15, 0.2) is 67.0 Å². The minimum absolute atomic E-state index is 0.0989. The molecule has 1 unspecified atom stereocenters. The standard InChI is InChI=1S/C23H20Cl2N2O4/c1-15(31-23(29)17-8-5-11-26-13-17)27-21(28)12-18-19(24)9-10-20(25)22(18)30-14-16-6-3-2-4-7-16/h2-11,13,15H,12,14H2,1H3,(H,27,28). The quantitative estimate of drug-likeness (QED) is 0.386. The van der Waals surface area contributed by atoms with Gasteiger partial charge in [0.1, 0.15) is 12.4 Å². The molecule has 0 radical (unpaired) electrons. The Balaban J connectivity index is 1.64. The zero-order valence-electron chi connectivity index (χ0n) is 16.7. The minimum atomic E-state index is -0.855. The van der Waals surface area contributed by atoms with Crippen LogP contribution in [0.1, 0.15) is 28.4 Å². The number of aromatic nitrogens is 1. The first kappa shape index (κ1) is 22.6. The number of hydrogen-bond acceptors (Lipinski definition) is 5. The number of benzene rings is 2. The van der Waals surface area contributed by atoms with Gasteiger partial charge in [0.25, 0.3) is 0 Å². The van der Waals surface area contributed by atoms with Gasteiger partial charge in [-0.05, 0) is 36.8 Å². The molecule has 0 bridgehead atoms. The van der Waals surface area contributed by atoms with E-state index in [0.717, 1.165) is 5.56 Å². The third kappa shape index (κ3) is 6.44.